The average Bonchev–Trinajstić information content (AvgIpc) is 2.21. The highest BCUT2D eigenvalue weighted by molar-refractivity contribution is 9.10. The number of nitrogen functional groups attached to an aromatic ring is 1. The molecule has 1 aromatic rings. The van der Waals surface area contributed by atoms with Crippen LogP contribution in [0.1, 0.15) is 28.5 Å². The summed E-state index contributed by atoms with van der Waals surface area (Å²) in [6.45, 7) is 2.14. The van der Waals surface area contributed by atoms with E-state index >= 15 is 0 Å². The van der Waals surface area contributed by atoms with Crippen molar-refractivity contribution >= 4 is 27.7 Å². The van der Waals surface area contributed by atoms with Crippen molar-refractivity contribution in [2.75, 3.05) is 12.8 Å². The summed E-state index contributed by atoms with van der Waals surface area (Å²) in [5.74, 6) is -4.14. The molecule has 17 heavy (non-hydrogen) atoms. The molecule has 0 spiro atoms. The standard InChI is InChI=1S/C10H11BrF2N2O2/c1-4-6(11)5(9(16)17-3)8(14)15-7(4)10(2,12)13/h1-3H3,(H2,14,15). The molecule has 1 rings (SSSR count). The molecule has 0 aromatic carbocycles. The Morgan fingerprint density at radius 2 is 2.06 bits per heavy atom. The summed E-state index contributed by atoms with van der Waals surface area (Å²) in [5.41, 5.74) is 5.14. The van der Waals surface area contributed by atoms with Crippen LogP contribution in [0.4, 0.5) is 14.6 Å². The molecule has 0 saturated carbocycles. The number of nitrogens with zero attached hydrogens (tertiary/aromatic N) is 1. The minimum absolute atomic E-state index is 0.0435. The lowest BCUT2D eigenvalue weighted by Crippen LogP contribution is -2.18. The van der Waals surface area contributed by atoms with E-state index in [0.29, 0.717) is 6.92 Å². The fraction of sp³-hybridized carbons (Fsp3) is 0.400. The fourth-order valence-corrected chi connectivity index (χ4v) is 1.94. The zero-order valence-corrected chi connectivity index (χ0v) is 11.1. The first-order valence-corrected chi connectivity index (χ1v) is 5.41. The third-order valence-corrected chi connectivity index (χ3v) is 3.19. The van der Waals surface area contributed by atoms with E-state index in [1.54, 1.807) is 0 Å². The Hall–Kier alpha value is -1.24. The number of aromatic nitrogens is 1. The lowest BCUT2D eigenvalue weighted by molar-refractivity contribution is 0.0120. The smallest absolute Gasteiger partial charge is 0.342 e. The number of methoxy groups -OCH3 is 1. The van der Waals surface area contributed by atoms with E-state index in [9.17, 15) is 13.6 Å². The summed E-state index contributed by atoms with van der Waals surface area (Å²) in [4.78, 5) is 15.0. The molecule has 0 amide bonds. The molecule has 0 bridgehead atoms. The molecule has 0 saturated heterocycles. The molecule has 1 heterocycles. The number of hydrogen-bond acceptors (Lipinski definition) is 4. The minimum Gasteiger partial charge on any atom is -0.465 e. The van der Waals surface area contributed by atoms with Crippen molar-refractivity contribution in [2.24, 2.45) is 0 Å². The van der Waals surface area contributed by atoms with E-state index in [1.807, 2.05) is 0 Å². The molecule has 0 aliphatic heterocycles. The number of rotatable bonds is 2. The minimum atomic E-state index is -3.13. The molecule has 0 radical (unpaired) electrons. The number of esters is 1. The maximum absolute atomic E-state index is 13.2. The first-order chi connectivity index (χ1) is 7.70. The molecule has 0 unspecified atom stereocenters. The molecule has 1 aromatic heterocycles. The van der Waals surface area contributed by atoms with Crippen LogP contribution in [0.25, 0.3) is 0 Å². The Morgan fingerprint density at radius 1 is 1.53 bits per heavy atom. The van der Waals surface area contributed by atoms with Crippen LogP contribution in [0.3, 0.4) is 0 Å². The average molecular weight is 309 g/mol. The Labute approximate surface area is 105 Å². The van der Waals surface area contributed by atoms with Gasteiger partial charge in [-0.3, -0.25) is 0 Å². The highest BCUT2D eigenvalue weighted by Gasteiger charge is 2.32. The summed E-state index contributed by atoms with van der Waals surface area (Å²) < 4.78 is 31.1. The highest BCUT2D eigenvalue weighted by Crippen LogP contribution is 2.35. The fourth-order valence-electron chi connectivity index (χ4n) is 1.39. The second-order valence-corrected chi connectivity index (χ2v) is 4.33. The Kier molecular flexibility index (Phi) is 3.71. The van der Waals surface area contributed by atoms with Gasteiger partial charge in [0, 0.05) is 11.4 Å². The first-order valence-electron chi connectivity index (χ1n) is 4.62. The van der Waals surface area contributed by atoms with Gasteiger partial charge < -0.3 is 10.5 Å². The number of pyridine rings is 1. The largest absolute Gasteiger partial charge is 0.465 e. The van der Waals surface area contributed by atoms with Gasteiger partial charge in [0.1, 0.15) is 17.1 Å². The zero-order chi connectivity index (χ0) is 13.4. The SMILES string of the molecule is COC(=O)c1c(N)nc(C(C)(F)F)c(C)c1Br. The van der Waals surface area contributed by atoms with Crippen LogP contribution < -0.4 is 5.73 Å². The van der Waals surface area contributed by atoms with Gasteiger partial charge in [0.05, 0.1) is 7.11 Å². The van der Waals surface area contributed by atoms with Gasteiger partial charge >= 0.3 is 5.97 Å². The van der Waals surface area contributed by atoms with Gasteiger partial charge in [0.15, 0.2) is 0 Å². The van der Waals surface area contributed by atoms with Gasteiger partial charge in [-0.2, -0.15) is 8.78 Å². The second-order valence-electron chi connectivity index (χ2n) is 3.54. The van der Waals surface area contributed by atoms with Crippen molar-refractivity contribution in [3.8, 4) is 0 Å². The van der Waals surface area contributed by atoms with Crippen molar-refractivity contribution in [3.05, 3.63) is 21.3 Å². The molecule has 0 fully saturated rings. The number of hydrogen-bond donors (Lipinski definition) is 1. The van der Waals surface area contributed by atoms with Crippen LogP contribution in [0.5, 0.6) is 0 Å². The maximum atomic E-state index is 13.2. The van der Waals surface area contributed by atoms with Crippen LogP contribution in [-0.4, -0.2) is 18.1 Å². The molecule has 0 aliphatic rings. The lowest BCUT2D eigenvalue weighted by Gasteiger charge is -2.16. The first kappa shape index (κ1) is 13.8. The molecule has 4 nitrogen and oxygen atoms in total. The number of halogens is 3. The number of anilines is 1. The Balaban J connectivity index is 3.53. The Bertz CT molecular complexity index is 472. The van der Waals surface area contributed by atoms with Crippen LogP contribution in [0, 0.1) is 6.92 Å². The molecule has 0 aliphatic carbocycles. The number of alkyl halides is 2. The summed E-state index contributed by atoms with van der Waals surface area (Å²) in [6, 6.07) is 0. The third kappa shape index (κ3) is 2.54. The van der Waals surface area contributed by atoms with E-state index in [4.69, 9.17) is 5.73 Å². The zero-order valence-electron chi connectivity index (χ0n) is 9.47. The summed E-state index contributed by atoms with van der Waals surface area (Å²) >= 11 is 3.06. The van der Waals surface area contributed by atoms with Crippen molar-refractivity contribution in [1.29, 1.82) is 0 Å². The summed E-state index contributed by atoms with van der Waals surface area (Å²) in [6.07, 6.45) is 0. The van der Waals surface area contributed by atoms with Gasteiger partial charge in [0.25, 0.3) is 5.92 Å². The maximum Gasteiger partial charge on any atom is 0.342 e. The number of carbonyl (C=O) groups is 1. The van der Waals surface area contributed by atoms with Crippen LogP contribution >= 0.6 is 15.9 Å². The van der Waals surface area contributed by atoms with Gasteiger partial charge in [-0.25, -0.2) is 9.78 Å². The van der Waals surface area contributed by atoms with E-state index in [2.05, 4.69) is 25.7 Å². The Morgan fingerprint density at radius 3 is 2.47 bits per heavy atom. The highest BCUT2D eigenvalue weighted by atomic mass is 79.9. The molecular weight excluding hydrogens is 298 g/mol. The van der Waals surface area contributed by atoms with Crippen molar-refractivity contribution in [2.45, 2.75) is 19.8 Å². The van der Waals surface area contributed by atoms with E-state index in [1.165, 1.54) is 14.0 Å². The van der Waals surface area contributed by atoms with E-state index in [0.717, 1.165) is 0 Å². The normalized spacial score (nSPS) is 11.4. The van der Waals surface area contributed by atoms with Gasteiger partial charge in [0.2, 0.25) is 0 Å². The predicted octanol–water partition coefficient (Wildman–Crippen LogP) is 2.63. The van der Waals surface area contributed by atoms with Crippen molar-refractivity contribution in [1.82, 2.24) is 4.98 Å². The third-order valence-electron chi connectivity index (χ3n) is 2.20. The van der Waals surface area contributed by atoms with Crippen LogP contribution in [0.15, 0.2) is 4.47 Å². The van der Waals surface area contributed by atoms with Crippen LogP contribution in [0.2, 0.25) is 0 Å². The molecule has 2 N–H and O–H groups in total. The summed E-state index contributed by atoms with van der Waals surface area (Å²) in [5, 5.41) is 0. The number of ether oxygens (including phenoxy) is 1. The van der Waals surface area contributed by atoms with Gasteiger partial charge in [-0.1, -0.05) is 0 Å². The topological polar surface area (TPSA) is 65.2 Å². The van der Waals surface area contributed by atoms with Gasteiger partial charge in [-0.15, -0.1) is 0 Å². The van der Waals surface area contributed by atoms with E-state index in [-0.39, 0.29) is 21.4 Å². The molecular formula is C10H11BrF2N2O2. The molecule has 0 atom stereocenters. The monoisotopic (exact) mass is 308 g/mol. The van der Waals surface area contributed by atoms with E-state index < -0.39 is 17.6 Å². The molecule has 94 valence electrons. The van der Waals surface area contributed by atoms with Crippen LogP contribution in [-0.2, 0) is 10.7 Å². The molecule has 7 heteroatoms. The predicted molar refractivity (Wildman–Crippen MR) is 62.0 cm³/mol. The van der Waals surface area contributed by atoms with Crippen molar-refractivity contribution in [3.63, 3.8) is 0 Å². The lowest BCUT2D eigenvalue weighted by atomic mass is 10.1. The van der Waals surface area contributed by atoms with Gasteiger partial charge in [-0.05, 0) is 28.4 Å². The number of carbonyl (C=O) groups excluding carboxylic acids is 1. The number of nitrogens with two attached hydrogens (primary N) is 1. The summed E-state index contributed by atoms with van der Waals surface area (Å²) in [7, 11) is 1.17. The van der Waals surface area contributed by atoms with Crippen molar-refractivity contribution < 1.29 is 18.3 Å². The quantitative estimate of drug-likeness (QED) is 0.853. The second kappa shape index (κ2) is 4.56.